The van der Waals surface area contributed by atoms with E-state index in [1.165, 1.54) is 0 Å². The van der Waals surface area contributed by atoms with Crippen LogP contribution in [0, 0.1) is 17.5 Å². The Bertz CT molecular complexity index is 815. The molecule has 1 heterocycles. The van der Waals surface area contributed by atoms with Crippen LogP contribution in [0.4, 0.5) is 18.9 Å². The van der Waals surface area contributed by atoms with Gasteiger partial charge in [-0.3, -0.25) is 0 Å². The van der Waals surface area contributed by atoms with Crippen LogP contribution in [-0.4, -0.2) is 20.2 Å². The largest absolute Gasteiger partial charge is 0.399 e. The third-order valence-electron chi connectivity index (χ3n) is 2.83. The molecule has 0 aliphatic rings. The summed E-state index contributed by atoms with van der Waals surface area (Å²) < 4.78 is 41.1. The van der Waals surface area contributed by atoms with Crippen LogP contribution in [0.2, 0.25) is 0 Å². The lowest BCUT2D eigenvalue weighted by Crippen LogP contribution is -2.04. The normalized spacial score (nSPS) is 10.8. The topological polar surface area (TPSA) is 69.6 Å². The van der Waals surface area contributed by atoms with Gasteiger partial charge in [0.15, 0.2) is 23.3 Å². The summed E-state index contributed by atoms with van der Waals surface area (Å²) in [6.45, 7) is 0. The minimum atomic E-state index is -1.28. The fourth-order valence-corrected chi connectivity index (χ4v) is 1.88. The van der Waals surface area contributed by atoms with Crippen molar-refractivity contribution in [1.82, 2.24) is 20.2 Å². The van der Waals surface area contributed by atoms with E-state index in [0.29, 0.717) is 23.4 Å². The summed E-state index contributed by atoms with van der Waals surface area (Å²) in [6, 6.07) is 7.71. The molecule has 1 aromatic heterocycles. The number of anilines is 1. The van der Waals surface area contributed by atoms with Gasteiger partial charge in [-0.2, -0.15) is 4.68 Å². The van der Waals surface area contributed by atoms with Gasteiger partial charge in [0.25, 0.3) is 0 Å². The number of benzene rings is 2. The van der Waals surface area contributed by atoms with Crippen molar-refractivity contribution >= 4 is 5.69 Å². The van der Waals surface area contributed by atoms with Crippen molar-refractivity contribution in [2.75, 3.05) is 5.73 Å². The molecule has 0 unspecified atom stereocenters. The molecule has 0 saturated heterocycles. The fraction of sp³-hybridized carbons (Fsp3) is 0. The summed E-state index contributed by atoms with van der Waals surface area (Å²) in [6.07, 6.45) is 0. The van der Waals surface area contributed by atoms with Gasteiger partial charge in [-0.1, -0.05) is 12.1 Å². The Balaban J connectivity index is 2.18. The second kappa shape index (κ2) is 4.89. The first kappa shape index (κ1) is 13.1. The maximum absolute atomic E-state index is 13.8. The highest BCUT2D eigenvalue weighted by Gasteiger charge is 2.17. The highest BCUT2D eigenvalue weighted by Crippen LogP contribution is 2.24. The van der Waals surface area contributed by atoms with E-state index in [0.717, 1.165) is 4.68 Å². The molecule has 2 N–H and O–H groups in total. The van der Waals surface area contributed by atoms with Crippen molar-refractivity contribution in [1.29, 1.82) is 0 Å². The van der Waals surface area contributed by atoms with Crippen molar-refractivity contribution < 1.29 is 13.2 Å². The van der Waals surface area contributed by atoms with Crippen LogP contribution in [0.15, 0.2) is 36.4 Å². The number of nitrogen functional groups attached to an aromatic ring is 1. The van der Waals surface area contributed by atoms with Crippen LogP contribution in [0.3, 0.4) is 0 Å². The average molecular weight is 291 g/mol. The monoisotopic (exact) mass is 291 g/mol. The number of halogens is 3. The highest BCUT2D eigenvalue weighted by molar-refractivity contribution is 5.62. The first-order valence-electron chi connectivity index (χ1n) is 5.85. The molecule has 0 spiro atoms. The van der Waals surface area contributed by atoms with E-state index in [4.69, 9.17) is 5.73 Å². The van der Waals surface area contributed by atoms with Crippen molar-refractivity contribution in [3.05, 3.63) is 53.8 Å². The molecular formula is C13H8F3N5. The van der Waals surface area contributed by atoms with Gasteiger partial charge in [0, 0.05) is 23.4 Å². The van der Waals surface area contributed by atoms with Gasteiger partial charge in [0.1, 0.15) is 5.69 Å². The first-order valence-corrected chi connectivity index (χ1v) is 5.85. The van der Waals surface area contributed by atoms with Gasteiger partial charge in [-0.15, -0.1) is 5.10 Å². The number of rotatable bonds is 2. The smallest absolute Gasteiger partial charge is 0.187 e. The molecule has 3 rings (SSSR count). The zero-order valence-corrected chi connectivity index (χ0v) is 10.5. The first-order chi connectivity index (χ1) is 10.1. The Kier molecular flexibility index (Phi) is 3.05. The molecule has 3 aromatic rings. The zero-order chi connectivity index (χ0) is 15.0. The SMILES string of the molecule is Nc1cccc(-c2nnnn2-c2cc(F)c(F)cc2F)c1. The number of aromatic nitrogens is 4. The Labute approximate surface area is 116 Å². The number of hydrogen-bond acceptors (Lipinski definition) is 4. The van der Waals surface area contributed by atoms with Crippen molar-refractivity contribution in [2.24, 2.45) is 0 Å². The predicted octanol–water partition coefficient (Wildman–Crippen LogP) is 2.33. The Morgan fingerprint density at radius 1 is 0.952 bits per heavy atom. The fourth-order valence-electron chi connectivity index (χ4n) is 1.88. The lowest BCUT2D eigenvalue weighted by molar-refractivity contribution is 0.491. The Morgan fingerprint density at radius 3 is 2.48 bits per heavy atom. The average Bonchev–Trinajstić information content (AvgIpc) is 2.92. The summed E-state index contributed by atoms with van der Waals surface area (Å²) in [5.41, 5.74) is 6.35. The molecule has 0 aliphatic heterocycles. The van der Waals surface area contributed by atoms with Crippen LogP contribution in [0.5, 0.6) is 0 Å². The molecule has 0 atom stereocenters. The van der Waals surface area contributed by atoms with Gasteiger partial charge in [0.05, 0.1) is 0 Å². The molecule has 2 aromatic carbocycles. The van der Waals surface area contributed by atoms with E-state index >= 15 is 0 Å². The molecule has 0 aliphatic carbocycles. The van der Waals surface area contributed by atoms with Crippen molar-refractivity contribution in [3.8, 4) is 17.1 Å². The van der Waals surface area contributed by atoms with E-state index in [1.54, 1.807) is 24.3 Å². The van der Waals surface area contributed by atoms with Crippen LogP contribution in [0.1, 0.15) is 0 Å². The molecule has 8 heteroatoms. The Hall–Kier alpha value is -2.90. The standard InChI is InChI=1S/C13H8F3N5/c14-9-5-11(16)12(6-10(9)15)21-13(18-19-20-21)7-2-1-3-8(17)4-7/h1-6H,17H2. The van der Waals surface area contributed by atoms with E-state index in [1.807, 2.05) is 0 Å². The molecule has 21 heavy (non-hydrogen) atoms. The maximum atomic E-state index is 13.8. The van der Waals surface area contributed by atoms with Crippen molar-refractivity contribution in [3.63, 3.8) is 0 Å². The molecule has 5 nitrogen and oxygen atoms in total. The quantitative estimate of drug-likeness (QED) is 0.581. The second-order valence-electron chi connectivity index (χ2n) is 4.26. The van der Waals surface area contributed by atoms with Crippen LogP contribution in [0.25, 0.3) is 17.1 Å². The van der Waals surface area contributed by atoms with Crippen LogP contribution < -0.4 is 5.73 Å². The van der Waals surface area contributed by atoms with Gasteiger partial charge in [-0.25, -0.2) is 13.2 Å². The van der Waals surface area contributed by atoms with Gasteiger partial charge < -0.3 is 5.73 Å². The number of nitrogens with zero attached hydrogens (tertiary/aromatic N) is 4. The third-order valence-corrected chi connectivity index (χ3v) is 2.83. The van der Waals surface area contributed by atoms with Crippen LogP contribution in [-0.2, 0) is 0 Å². The van der Waals surface area contributed by atoms with Crippen molar-refractivity contribution in [2.45, 2.75) is 0 Å². The zero-order valence-electron chi connectivity index (χ0n) is 10.5. The molecule has 0 amide bonds. The molecular weight excluding hydrogens is 283 g/mol. The molecule has 106 valence electrons. The minimum absolute atomic E-state index is 0.159. The lowest BCUT2D eigenvalue weighted by atomic mass is 10.2. The number of nitrogens with two attached hydrogens (primary N) is 1. The molecule has 0 fully saturated rings. The van der Waals surface area contributed by atoms with E-state index in [9.17, 15) is 13.2 Å². The molecule has 0 saturated carbocycles. The van der Waals surface area contributed by atoms with E-state index < -0.39 is 17.5 Å². The number of hydrogen-bond donors (Lipinski definition) is 1. The van der Waals surface area contributed by atoms with Crippen LogP contribution >= 0.6 is 0 Å². The molecule has 0 bridgehead atoms. The maximum Gasteiger partial charge on any atom is 0.187 e. The second-order valence-corrected chi connectivity index (χ2v) is 4.26. The van der Waals surface area contributed by atoms with E-state index in [-0.39, 0.29) is 11.5 Å². The summed E-state index contributed by atoms with van der Waals surface area (Å²) in [4.78, 5) is 0. The van der Waals surface area contributed by atoms with Gasteiger partial charge in [-0.05, 0) is 22.6 Å². The van der Waals surface area contributed by atoms with Gasteiger partial charge >= 0.3 is 0 Å². The summed E-state index contributed by atoms with van der Waals surface area (Å²) in [5.74, 6) is -3.30. The van der Waals surface area contributed by atoms with E-state index in [2.05, 4.69) is 15.5 Å². The lowest BCUT2D eigenvalue weighted by Gasteiger charge is -2.07. The predicted molar refractivity (Wildman–Crippen MR) is 68.9 cm³/mol. The minimum Gasteiger partial charge on any atom is -0.399 e. The number of tetrazole rings is 1. The summed E-state index contributed by atoms with van der Waals surface area (Å²) >= 11 is 0. The van der Waals surface area contributed by atoms with Gasteiger partial charge in [0.2, 0.25) is 0 Å². The summed E-state index contributed by atoms with van der Waals surface area (Å²) in [7, 11) is 0. The highest BCUT2D eigenvalue weighted by atomic mass is 19.2. The third kappa shape index (κ3) is 2.31. The Morgan fingerprint density at radius 2 is 1.71 bits per heavy atom. The summed E-state index contributed by atoms with van der Waals surface area (Å²) in [5, 5.41) is 10.8. The molecule has 0 radical (unpaired) electrons.